The van der Waals surface area contributed by atoms with Crippen LogP contribution in [0, 0.1) is 0 Å². The highest BCUT2D eigenvalue weighted by atomic mass is 32.1. The molecule has 2 aromatic heterocycles. The molecule has 2 heterocycles. The van der Waals surface area contributed by atoms with Gasteiger partial charge in [0.2, 0.25) is 11.0 Å². The van der Waals surface area contributed by atoms with Gasteiger partial charge in [-0.2, -0.15) is 4.37 Å². The maximum absolute atomic E-state index is 8.51. The second-order valence-electron chi connectivity index (χ2n) is 2.33. The van der Waals surface area contributed by atoms with Crippen molar-refractivity contribution in [1.82, 2.24) is 18.9 Å². The second-order valence-corrected chi connectivity index (χ2v) is 3.09. The Kier molecular flexibility index (Phi) is 2.11. The lowest BCUT2D eigenvalue weighted by Gasteiger charge is -2.00. The van der Waals surface area contributed by atoms with Crippen molar-refractivity contribution in [2.75, 3.05) is 0 Å². The van der Waals surface area contributed by atoms with Gasteiger partial charge in [0.15, 0.2) is 5.82 Å². The number of imidazole rings is 1. The number of aromatic nitrogens is 4. The summed E-state index contributed by atoms with van der Waals surface area (Å²) in [5, 5.41) is 12.0. The number of rotatable bonds is 2. The summed E-state index contributed by atoms with van der Waals surface area (Å²) in [6.07, 6.45) is 4.62. The molecule has 2 aromatic rings. The molecule has 0 amide bonds. The molecular formula is C6H6N6OS. The highest BCUT2D eigenvalue weighted by Crippen LogP contribution is 2.10. The third kappa shape index (κ3) is 1.31. The Morgan fingerprint density at radius 1 is 1.57 bits per heavy atom. The van der Waals surface area contributed by atoms with Gasteiger partial charge in [-0.15, -0.1) is 0 Å². The Bertz CT molecular complexity index is 447. The number of amidine groups is 1. The van der Waals surface area contributed by atoms with Crippen LogP contribution in [-0.2, 0) is 0 Å². The van der Waals surface area contributed by atoms with Gasteiger partial charge in [-0.05, 0) is 0 Å². The summed E-state index contributed by atoms with van der Waals surface area (Å²) in [7, 11) is 0. The van der Waals surface area contributed by atoms with E-state index in [-0.39, 0.29) is 5.84 Å². The van der Waals surface area contributed by atoms with Gasteiger partial charge >= 0.3 is 0 Å². The zero-order valence-electron chi connectivity index (χ0n) is 6.90. The lowest BCUT2D eigenvalue weighted by Crippen LogP contribution is -2.18. The third-order valence-electron chi connectivity index (χ3n) is 1.53. The van der Waals surface area contributed by atoms with E-state index in [0.29, 0.717) is 11.0 Å². The Balaban J connectivity index is 2.50. The average Bonchev–Trinajstić information content (AvgIpc) is 2.85. The molecule has 3 N–H and O–H groups in total. The normalized spacial score (nSPS) is 11.9. The van der Waals surface area contributed by atoms with Crippen molar-refractivity contribution < 1.29 is 5.21 Å². The van der Waals surface area contributed by atoms with Crippen molar-refractivity contribution in [3.63, 3.8) is 0 Å². The van der Waals surface area contributed by atoms with E-state index in [9.17, 15) is 0 Å². The van der Waals surface area contributed by atoms with Crippen LogP contribution < -0.4 is 5.73 Å². The monoisotopic (exact) mass is 210 g/mol. The van der Waals surface area contributed by atoms with Gasteiger partial charge in [-0.1, -0.05) is 5.16 Å². The fourth-order valence-electron chi connectivity index (χ4n) is 0.965. The first-order valence-electron chi connectivity index (χ1n) is 3.61. The molecule has 14 heavy (non-hydrogen) atoms. The highest BCUT2D eigenvalue weighted by molar-refractivity contribution is 7.07. The number of oxime groups is 1. The Morgan fingerprint density at radius 3 is 3.07 bits per heavy atom. The number of nitrogens with zero attached hydrogens (tertiary/aromatic N) is 5. The maximum atomic E-state index is 8.51. The molecule has 0 spiro atoms. The predicted octanol–water partition coefficient (Wildman–Crippen LogP) is -0.182. The molecule has 2 rings (SSSR count). The van der Waals surface area contributed by atoms with Gasteiger partial charge in [-0.3, -0.25) is 4.57 Å². The van der Waals surface area contributed by atoms with Crippen LogP contribution in [0.15, 0.2) is 23.9 Å². The lowest BCUT2D eigenvalue weighted by atomic mass is 10.5. The van der Waals surface area contributed by atoms with Gasteiger partial charge in [0.25, 0.3) is 0 Å². The van der Waals surface area contributed by atoms with Crippen molar-refractivity contribution >= 4 is 17.4 Å². The van der Waals surface area contributed by atoms with E-state index in [1.807, 2.05) is 0 Å². The van der Waals surface area contributed by atoms with Gasteiger partial charge in [-0.25, -0.2) is 9.97 Å². The van der Waals surface area contributed by atoms with Crippen molar-refractivity contribution in [3.05, 3.63) is 24.5 Å². The third-order valence-corrected chi connectivity index (χ3v) is 2.20. The number of hydrogen-bond acceptors (Lipinski definition) is 6. The zero-order chi connectivity index (χ0) is 9.97. The van der Waals surface area contributed by atoms with Gasteiger partial charge in [0, 0.05) is 23.9 Å². The van der Waals surface area contributed by atoms with E-state index >= 15 is 0 Å². The van der Waals surface area contributed by atoms with Crippen LogP contribution in [-0.4, -0.2) is 30.0 Å². The van der Waals surface area contributed by atoms with Crippen molar-refractivity contribution in [2.45, 2.75) is 0 Å². The molecule has 0 atom stereocenters. The Labute approximate surface area is 82.7 Å². The van der Waals surface area contributed by atoms with Crippen LogP contribution in [0.25, 0.3) is 5.13 Å². The molecule has 8 heteroatoms. The van der Waals surface area contributed by atoms with Crippen LogP contribution in [0.1, 0.15) is 5.82 Å². The van der Waals surface area contributed by atoms with Crippen molar-refractivity contribution in [3.8, 4) is 5.13 Å². The molecule has 0 saturated carbocycles. The Hall–Kier alpha value is -1.96. The SMILES string of the molecule is NC(=NO)c1nccn1-c1ncns1. The molecule has 0 fully saturated rings. The van der Waals surface area contributed by atoms with E-state index in [4.69, 9.17) is 10.9 Å². The van der Waals surface area contributed by atoms with Gasteiger partial charge in [0.1, 0.15) is 6.33 Å². The lowest BCUT2D eigenvalue weighted by molar-refractivity contribution is 0.318. The molecule has 72 valence electrons. The van der Waals surface area contributed by atoms with Crippen LogP contribution in [0.2, 0.25) is 0 Å². The predicted molar refractivity (Wildman–Crippen MR) is 49.5 cm³/mol. The minimum Gasteiger partial charge on any atom is -0.409 e. The minimum absolute atomic E-state index is 0.0646. The van der Waals surface area contributed by atoms with Crippen LogP contribution in [0.3, 0.4) is 0 Å². The van der Waals surface area contributed by atoms with Crippen molar-refractivity contribution in [2.24, 2.45) is 10.9 Å². The smallest absolute Gasteiger partial charge is 0.214 e. The van der Waals surface area contributed by atoms with E-state index in [1.165, 1.54) is 24.1 Å². The summed E-state index contributed by atoms with van der Waals surface area (Å²) in [5.74, 6) is 0.273. The summed E-state index contributed by atoms with van der Waals surface area (Å²) in [4.78, 5) is 7.90. The van der Waals surface area contributed by atoms with Gasteiger partial charge in [0.05, 0.1) is 0 Å². The zero-order valence-corrected chi connectivity index (χ0v) is 7.72. The Morgan fingerprint density at radius 2 is 2.43 bits per heavy atom. The molecule has 0 aliphatic rings. The highest BCUT2D eigenvalue weighted by Gasteiger charge is 2.10. The summed E-state index contributed by atoms with van der Waals surface area (Å²) in [5.41, 5.74) is 5.42. The number of hydrogen-bond donors (Lipinski definition) is 2. The fraction of sp³-hybridized carbons (Fsp3) is 0. The van der Waals surface area contributed by atoms with E-state index in [2.05, 4.69) is 19.5 Å². The van der Waals surface area contributed by atoms with E-state index < -0.39 is 0 Å². The summed E-state index contributed by atoms with van der Waals surface area (Å²) in [6.45, 7) is 0. The largest absolute Gasteiger partial charge is 0.409 e. The molecule has 0 bridgehead atoms. The van der Waals surface area contributed by atoms with Crippen molar-refractivity contribution in [1.29, 1.82) is 0 Å². The standard InChI is InChI=1S/C6H6N6OS/c7-4(11-13)5-8-1-2-12(5)6-9-3-10-14-6/h1-3,13H,(H2,7,11). The first-order valence-corrected chi connectivity index (χ1v) is 4.38. The van der Waals surface area contributed by atoms with E-state index in [1.54, 1.807) is 10.8 Å². The minimum atomic E-state index is -0.0646. The number of nitrogens with two attached hydrogens (primary N) is 1. The molecule has 0 aliphatic heterocycles. The first-order chi connectivity index (χ1) is 6.83. The summed E-state index contributed by atoms with van der Waals surface area (Å²) < 4.78 is 5.43. The summed E-state index contributed by atoms with van der Waals surface area (Å²) in [6, 6.07) is 0. The van der Waals surface area contributed by atoms with Crippen LogP contribution in [0.5, 0.6) is 0 Å². The first kappa shape index (κ1) is 8.63. The maximum Gasteiger partial charge on any atom is 0.214 e. The van der Waals surface area contributed by atoms with E-state index in [0.717, 1.165) is 0 Å². The molecule has 0 aliphatic carbocycles. The topological polar surface area (TPSA) is 102 Å². The average molecular weight is 210 g/mol. The molecule has 0 radical (unpaired) electrons. The molecule has 0 aromatic carbocycles. The molecule has 0 unspecified atom stereocenters. The van der Waals surface area contributed by atoms with Crippen LogP contribution in [0.4, 0.5) is 0 Å². The quantitative estimate of drug-likeness (QED) is 0.310. The molecule has 7 nitrogen and oxygen atoms in total. The molecular weight excluding hydrogens is 204 g/mol. The second kappa shape index (κ2) is 3.42. The molecule has 0 saturated heterocycles. The fourth-order valence-corrected chi connectivity index (χ4v) is 1.48. The van der Waals surface area contributed by atoms with Crippen LogP contribution >= 0.6 is 11.5 Å². The van der Waals surface area contributed by atoms with Gasteiger partial charge < -0.3 is 10.9 Å². The summed E-state index contributed by atoms with van der Waals surface area (Å²) >= 11 is 1.19.